The first-order valence-electron chi connectivity index (χ1n) is 5.76. The maximum Gasteiger partial charge on any atom is 0.232 e. The number of carbonyl (C=O) groups excluding carboxylic acids is 1. The Morgan fingerprint density at radius 1 is 1.38 bits per heavy atom. The van der Waals surface area contributed by atoms with E-state index in [2.05, 4.69) is 34.6 Å². The van der Waals surface area contributed by atoms with Gasteiger partial charge in [-0.15, -0.1) is 11.8 Å². The Kier molecular flexibility index (Phi) is 7.07. The molecule has 4 heteroatoms. The van der Waals surface area contributed by atoms with Gasteiger partial charge in [0.15, 0.2) is 0 Å². The molecule has 96 valence electrons. The van der Waals surface area contributed by atoms with Crippen molar-refractivity contribution in [3.63, 3.8) is 0 Å². The number of nitrogens with zero attached hydrogens (tertiary/aromatic N) is 1. The highest BCUT2D eigenvalue weighted by atomic mass is 32.2. The Morgan fingerprint density at radius 3 is 2.31 bits per heavy atom. The van der Waals surface area contributed by atoms with Gasteiger partial charge in [-0.2, -0.15) is 0 Å². The van der Waals surface area contributed by atoms with E-state index in [-0.39, 0.29) is 17.9 Å². The summed E-state index contributed by atoms with van der Waals surface area (Å²) in [7, 11) is 0. The predicted octanol–water partition coefficient (Wildman–Crippen LogP) is 2.00. The van der Waals surface area contributed by atoms with Crippen molar-refractivity contribution < 1.29 is 9.90 Å². The Morgan fingerprint density at radius 2 is 1.94 bits per heavy atom. The normalized spacial score (nSPS) is 11.9. The van der Waals surface area contributed by atoms with E-state index >= 15 is 0 Å². The van der Waals surface area contributed by atoms with Crippen molar-refractivity contribution in [1.82, 2.24) is 4.90 Å². The maximum absolute atomic E-state index is 11.9. The number of rotatable bonds is 6. The van der Waals surface area contributed by atoms with Crippen LogP contribution in [0, 0.1) is 5.41 Å². The second kappa shape index (κ2) is 7.17. The van der Waals surface area contributed by atoms with Crippen LogP contribution < -0.4 is 0 Å². The minimum atomic E-state index is 0.0359. The zero-order valence-electron chi connectivity index (χ0n) is 11.1. The Hall–Kier alpha value is -0.220. The second-order valence-electron chi connectivity index (χ2n) is 5.46. The van der Waals surface area contributed by atoms with Gasteiger partial charge in [-0.1, -0.05) is 34.6 Å². The molecule has 0 unspecified atom stereocenters. The van der Waals surface area contributed by atoms with E-state index in [0.29, 0.717) is 24.1 Å². The zero-order chi connectivity index (χ0) is 12.8. The van der Waals surface area contributed by atoms with Gasteiger partial charge >= 0.3 is 0 Å². The summed E-state index contributed by atoms with van der Waals surface area (Å²) in [6.45, 7) is 11.6. The molecule has 0 saturated carbocycles. The maximum atomic E-state index is 11.9. The molecule has 0 aliphatic heterocycles. The molecule has 1 N–H and O–H groups in total. The minimum absolute atomic E-state index is 0.0359. The molecular weight excluding hydrogens is 222 g/mol. The van der Waals surface area contributed by atoms with Gasteiger partial charge in [0.25, 0.3) is 0 Å². The quantitative estimate of drug-likeness (QED) is 0.780. The van der Waals surface area contributed by atoms with Gasteiger partial charge in [-0.25, -0.2) is 0 Å². The first kappa shape index (κ1) is 15.8. The molecule has 0 rings (SSSR count). The minimum Gasteiger partial charge on any atom is -0.395 e. The van der Waals surface area contributed by atoms with Gasteiger partial charge in [0, 0.05) is 13.1 Å². The number of hydrogen-bond donors (Lipinski definition) is 1. The van der Waals surface area contributed by atoms with Gasteiger partial charge in [0.2, 0.25) is 5.91 Å². The van der Waals surface area contributed by atoms with Crippen molar-refractivity contribution in [1.29, 1.82) is 0 Å². The molecule has 0 aromatic heterocycles. The number of hydrogen-bond acceptors (Lipinski definition) is 3. The van der Waals surface area contributed by atoms with Crippen LogP contribution in [0.4, 0.5) is 0 Å². The molecule has 0 heterocycles. The van der Waals surface area contributed by atoms with Crippen molar-refractivity contribution in [3.8, 4) is 0 Å². The van der Waals surface area contributed by atoms with Crippen LogP contribution in [0.5, 0.6) is 0 Å². The molecule has 0 aromatic carbocycles. The molecule has 0 saturated heterocycles. The third kappa shape index (κ3) is 7.99. The lowest BCUT2D eigenvalue weighted by Crippen LogP contribution is -2.40. The summed E-state index contributed by atoms with van der Waals surface area (Å²) in [6.07, 6.45) is 0. The monoisotopic (exact) mass is 247 g/mol. The van der Waals surface area contributed by atoms with Gasteiger partial charge in [0.05, 0.1) is 12.4 Å². The lowest BCUT2D eigenvalue weighted by molar-refractivity contribution is -0.130. The topological polar surface area (TPSA) is 40.5 Å². The molecule has 0 aromatic rings. The van der Waals surface area contributed by atoms with E-state index in [1.165, 1.54) is 0 Å². The molecule has 0 bridgehead atoms. The van der Waals surface area contributed by atoms with E-state index < -0.39 is 0 Å². The van der Waals surface area contributed by atoms with E-state index in [9.17, 15) is 4.79 Å². The Labute approximate surface area is 104 Å². The van der Waals surface area contributed by atoms with E-state index in [1.807, 2.05) is 0 Å². The fourth-order valence-corrected chi connectivity index (χ4v) is 1.97. The first-order valence-corrected chi connectivity index (χ1v) is 6.81. The third-order valence-corrected chi connectivity index (χ3v) is 3.01. The summed E-state index contributed by atoms with van der Waals surface area (Å²) < 4.78 is 0. The molecule has 0 aliphatic rings. The summed E-state index contributed by atoms with van der Waals surface area (Å²) in [5.74, 6) is 0.635. The highest BCUT2D eigenvalue weighted by molar-refractivity contribution is 8.00. The summed E-state index contributed by atoms with van der Waals surface area (Å²) >= 11 is 1.65. The smallest absolute Gasteiger partial charge is 0.232 e. The average molecular weight is 247 g/mol. The number of amides is 1. The highest BCUT2D eigenvalue weighted by Gasteiger charge is 2.20. The average Bonchev–Trinajstić information content (AvgIpc) is 2.11. The zero-order valence-corrected chi connectivity index (χ0v) is 11.9. The standard InChI is InChI=1S/C12H25NO2S/c1-10(2)16-8-11(15)13(6-7-14)9-12(3,4)5/h10,14H,6-9H2,1-5H3. The summed E-state index contributed by atoms with van der Waals surface area (Å²) in [6, 6.07) is 0. The number of carbonyl (C=O) groups is 1. The SMILES string of the molecule is CC(C)SCC(=O)N(CCO)CC(C)(C)C. The van der Waals surface area contributed by atoms with Crippen LogP contribution in [0.1, 0.15) is 34.6 Å². The van der Waals surface area contributed by atoms with Crippen LogP contribution in [0.3, 0.4) is 0 Å². The van der Waals surface area contributed by atoms with Crippen LogP contribution in [-0.2, 0) is 4.79 Å². The Bertz CT molecular complexity index is 212. The highest BCUT2D eigenvalue weighted by Crippen LogP contribution is 2.17. The van der Waals surface area contributed by atoms with Crippen LogP contribution in [0.25, 0.3) is 0 Å². The van der Waals surface area contributed by atoms with Gasteiger partial charge in [-0.05, 0) is 10.7 Å². The molecule has 1 amide bonds. The van der Waals surface area contributed by atoms with Crippen LogP contribution in [0.15, 0.2) is 0 Å². The first-order chi connectivity index (χ1) is 7.26. The summed E-state index contributed by atoms with van der Waals surface area (Å²) in [4.78, 5) is 13.7. The Balaban J connectivity index is 4.24. The van der Waals surface area contributed by atoms with Gasteiger partial charge in [0.1, 0.15) is 0 Å². The summed E-state index contributed by atoms with van der Waals surface area (Å²) in [5.41, 5.74) is 0.0767. The fraction of sp³-hybridized carbons (Fsp3) is 0.917. The molecule has 0 atom stereocenters. The summed E-state index contributed by atoms with van der Waals surface area (Å²) in [5, 5.41) is 9.43. The fourth-order valence-electron chi connectivity index (χ4n) is 1.31. The predicted molar refractivity (Wildman–Crippen MR) is 70.7 cm³/mol. The lowest BCUT2D eigenvalue weighted by atomic mass is 9.96. The van der Waals surface area contributed by atoms with Crippen molar-refractivity contribution in [3.05, 3.63) is 0 Å². The van der Waals surface area contributed by atoms with Crippen LogP contribution in [0.2, 0.25) is 0 Å². The van der Waals surface area contributed by atoms with Gasteiger partial charge in [-0.3, -0.25) is 4.79 Å². The largest absolute Gasteiger partial charge is 0.395 e. The van der Waals surface area contributed by atoms with Gasteiger partial charge < -0.3 is 10.0 Å². The molecule has 0 radical (unpaired) electrons. The number of thioether (sulfide) groups is 1. The molecule has 0 fully saturated rings. The van der Waals surface area contributed by atoms with Crippen LogP contribution >= 0.6 is 11.8 Å². The number of aliphatic hydroxyl groups is 1. The molecule has 3 nitrogen and oxygen atoms in total. The third-order valence-electron chi connectivity index (χ3n) is 1.93. The van der Waals surface area contributed by atoms with E-state index in [1.54, 1.807) is 16.7 Å². The van der Waals surface area contributed by atoms with Crippen molar-refractivity contribution in [2.75, 3.05) is 25.4 Å². The molecule has 0 spiro atoms. The van der Waals surface area contributed by atoms with Crippen molar-refractivity contribution in [2.24, 2.45) is 5.41 Å². The molecule has 16 heavy (non-hydrogen) atoms. The molecular formula is C12H25NO2S. The molecule has 0 aliphatic carbocycles. The lowest BCUT2D eigenvalue weighted by Gasteiger charge is -2.29. The number of aliphatic hydroxyl groups excluding tert-OH is 1. The van der Waals surface area contributed by atoms with Crippen molar-refractivity contribution in [2.45, 2.75) is 39.9 Å². The van der Waals surface area contributed by atoms with Crippen LogP contribution in [-0.4, -0.2) is 46.6 Å². The van der Waals surface area contributed by atoms with E-state index in [4.69, 9.17) is 5.11 Å². The van der Waals surface area contributed by atoms with Crippen molar-refractivity contribution >= 4 is 17.7 Å². The van der Waals surface area contributed by atoms with E-state index in [0.717, 1.165) is 0 Å². The second-order valence-corrected chi connectivity index (χ2v) is 7.02.